The standard InChI is InChI=1S/C20H31N3O4S2/c1-6-7-11-21-18(24)23(25)17-20(2,3)29-19(28)22(17)12-10-14-8-9-15(26-4)16(13-14)27-5/h8-9,13,17,25H,6-7,10-12H2,1-5H3,(H,21,24). The molecule has 1 unspecified atom stereocenters. The fraction of sp³-hybridized carbons (Fsp3) is 0.600. The van der Waals surface area contributed by atoms with Gasteiger partial charge in [-0.3, -0.25) is 5.21 Å². The Morgan fingerprint density at radius 1 is 1.34 bits per heavy atom. The van der Waals surface area contributed by atoms with E-state index < -0.39 is 16.9 Å². The lowest BCUT2D eigenvalue weighted by Gasteiger charge is -2.37. The number of urea groups is 1. The number of nitrogens with one attached hydrogen (secondary N) is 1. The van der Waals surface area contributed by atoms with Crippen molar-refractivity contribution >= 4 is 34.3 Å². The first kappa shape index (κ1) is 23.6. The lowest BCUT2D eigenvalue weighted by molar-refractivity contribution is -0.118. The molecule has 1 atom stereocenters. The minimum absolute atomic E-state index is 0.439. The average molecular weight is 442 g/mol. The van der Waals surface area contributed by atoms with Crippen LogP contribution in [0.1, 0.15) is 39.2 Å². The molecule has 0 aliphatic carbocycles. The van der Waals surface area contributed by atoms with Gasteiger partial charge in [0.2, 0.25) is 0 Å². The van der Waals surface area contributed by atoms with E-state index in [-0.39, 0.29) is 0 Å². The lowest BCUT2D eigenvalue weighted by Crippen LogP contribution is -2.57. The van der Waals surface area contributed by atoms with Crippen molar-refractivity contribution in [3.63, 3.8) is 0 Å². The first-order valence-corrected chi connectivity index (χ1v) is 10.9. The zero-order valence-electron chi connectivity index (χ0n) is 17.7. The Morgan fingerprint density at radius 3 is 2.66 bits per heavy atom. The minimum atomic E-state index is -0.554. The number of amides is 2. The molecule has 1 aromatic carbocycles. The Hall–Kier alpha value is -1.71. The predicted octanol–water partition coefficient (Wildman–Crippen LogP) is 3.89. The highest BCUT2D eigenvalue weighted by molar-refractivity contribution is 8.24. The Bertz CT molecular complexity index is 730. The van der Waals surface area contributed by atoms with E-state index >= 15 is 0 Å². The van der Waals surface area contributed by atoms with Gasteiger partial charge in [0.15, 0.2) is 11.5 Å². The lowest BCUT2D eigenvalue weighted by atomic mass is 10.1. The second-order valence-electron chi connectivity index (χ2n) is 7.41. The molecule has 1 saturated heterocycles. The Balaban J connectivity index is 2.12. The normalized spacial score (nSPS) is 17.9. The number of unbranched alkanes of at least 4 members (excludes halogenated alkanes) is 1. The van der Waals surface area contributed by atoms with Gasteiger partial charge in [0.25, 0.3) is 0 Å². The highest BCUT2D eigenvalue weighted by atomic mass is 32.2. The monoisotopic (exact) mass is 441 g/mol. The number of thioether (sulfide) groups is 1. The molecule has 1 fully saturated rings. The van der Waals surface area contributed by atoms with Gasteiger partial charge in [-0.1, -0.05) is 43.4 Å². The van der Waals surface area contributed by atoms with Gasteiger partial charge in [-0.2, -0.15) is 5.06 Å². The number of nitrogens with zero attached hydrogens (tertiary/aromatic N) is 2. The maximum atomic E-state index is 12.4. The first-order chi connectivity index (χ1) is 13.7. The van der Waals surface area contributed by atoms with Crippen molar-refractivity contribution < 1.29 is 19.5 Å². The first-order valence-electron chi connectivity index (χ1n) is 9.71. The van der Waals surface area contributed by atoms with Gasteiger partial charge in [-0.05, 0) is 44.4 Å². The maximum Gasteiger partial charge on any atom is 0.343 e. The van der Waals surface area contributed by atoms with Gasteiger partial charge in [-0.15, -0.1) is 0 Å². The number of carbonyl (C=O) groups excluding carboxylic acids is 1. The molecule has 1 aromatic rings. The molecule has 1 aliphatic heterocycles. The number of hydrogen-bond acceptors (Lipinski definition) is 6. The molecule has 0 aromatic heterocycles. The molecule has 9 heteroatoms. The molecule has 0 radical (unpaired) electrons. The summed E-state index contributed by atoms with van der Waals surface area (Å²) >= 11 is 7.05. The topological polar surface area (TPSA) is 74.3 Å². The van der Waals surface area contributed by atoms with E-state index in [9.17, 15) is 10.0 Å². The van der Waals surface area contributed by atoms with Crippen LogP contribution in [0.5, 0.6) is 11.5 Å². The zero-order chi connectivity index (χ0) is 21.6. The molecule has 2 N–H and O–H groups in total. The zero-order valence-corrected chi connectivity index (χ0v) is 19.4. The third-order valence-electron chi connectivity index (χ3n) is 4.84. The summed E-state index contributed by atoms with van der Waals surface area (Å²) in [6, 6.07) is 5.27. The predicted molar refractivity (Wildman–Crippen MR) is 120 cm³/mol. The number of benzene rings is 1. The van der Waals surface area contributed by atoms with E-state index in [0.717, 1.165) is 23.5 Å². The molecule has 7 nitrogen and oxygen atoms in total. The summed E-state index contributed by atoms with van der Waals surface area (Å²) in [6.45, 7) is 7.10. The number of hydrogen-bond donors (Lipinski definition) is 2. The fourth-order valence-corrected chi connectivity index (χ4v) is 5.23. The SMILES string of the molecule is CCCCNC(=O)N(O)C1N(CCc2ccc(OC)c(OC)c2)C(=S)SC1(C)C. The second-order valence-corrected chi connectivity index (χ2v) is 9.70. The number of carbonyl (C=O) groups is 1. The number of hydroxylamine groups is 2. The Labute approximate surface area is 182 Å². The van der Waals surface area contributed by atoms with Crippen LogP contribution in [-0.2, 0) is 6.42 Å². The summed E-state index contributed by atoms with van der Waals surface area (Å²) in [4.78, 5) is 14.3. The number of rotatable bonds is 9. The number of methoxy groups -OCH3 is 2. The van der Waals surface area contributed by atoms with Gasteiger partial charge in [0.1, 0.15) is 10.5 Å². The highest BCUT2D eigenvalue weighted by Crippen LogP contribution is 2.42. The van der Waals surface area contributed by atoms with Gasteiger partial charge in [0, 0.05) is 13.1 Å². The van der Waals surface area contributed by atoms with Crippen molar-refractivity contribution in [2.24, 2.45) is 0 Å². The summed E-state index contributed by atoms with van der Waals surface area (Å²) in [5, 5.41) is 14.2. The van der Waals surface area contributed by atoms with Crippen molar-refractivity contribution in [1.29, 1.82) is 0 Å². The molecule has 2 rings (SSSR count). The van der Waals surface area contributed by atoms with Crippen LogP contribution in [0.3, 0.4) is 0 Å². The van der Waals surface area contributed by atoms with Gasteiger partial charge >= 0.3 is 6.03 Å². The molecule has 1 aliphatic rings. The van der Waals surface area contributed by atoms with E-state index in [1.54, 1.807) is 14.2 Å². The largest absolute Gasteiger partial charge is 0.493 e. The van der Waals surface area contributed by atoms with Gasteiger partial charge < -0.3 is 19.7 Å². The smallest absolute Gasteiger partial charge is 0.343 e. The van der Waals surface area contributed by atoms with Gasteiger partial charge in [-0.25, -0.2) is 4.79 Å². The third-order valence-corrected chi connectivity index (χ3v) is 6.47. The third kappa shape index (κ3) is 5.67. The van der Waals surface area contributed by atoms with Crippen LogP contribution >= 0.6 is 24.0 Å². The van der Waals surface area contributed by atoms with E-state index in [2.05, 4.69) is 5.32 Å². The number of ether oxygens (including phenoxy) is 2. The molecule has 0 spiro atoms. The van der Waals surface area contributed by atoms with Crippen molar-refractivity contribution in [3.8, 4) is 11.5 Å². The Morgan fingerprint density at radius 2 is 2.03 bits per heavy atom. The van der Waals surface area contributed by atoms with Crippen molar-refractivity contribution in [1.82, 2.24) is 15.3 Å². The average Bonchev–Trinajstić information content (AvgIpc) is 2.92. The van der Waals surface area contributed by atoms with Crippen LogP contribution < -0.4 is 14.8 Å². The molecular weight excluding hydrogens is 410 g/mol. The summed E-state index contributed by atoms with van der Waals surface area (Å²) in [5.74, 6) is 1.34. The molecule has 0 saturated carbocycles. The van der Waals surface area contributed by atoms with E-state index in [1.165, 1.54) is 11.8 Å². The van der Waals surface area contributed by atoms with Crippen molar-refractivity contribution in [2.45, 2.75) is 50.9 Å². The molecule has 2 amide bonds. The summed E-state index contributed by atoms with van der Waals surface area (Å²) in [7, 11) is 3.21. The molecule has 29 heavy (non-hydrogen) atoms. The molecule has 162 valence electrons. The molecular formula is C20H31N3O4S2. The summed E-state index contributed by atoms with van der Waals surface area (Å²) in [5.41, 5.74) is 1.05. The van der Waals surface area contributed by atoms with E-state index in [0.29, 0.717) is 35.3 Å². The second kappa shape index (κ2) is 10.4. The van der Waals surface area contributed by atoms with Crippen molar-refractivity contribution in [2.75, 3.05) is 27.3 Å². The fourth-order valence-electron chi connectivity index (χ4n) is 3.30. The highest BCUT2D eigenvalue weighted by Gasteiger charge is 2.49. The minimum Gasteiger partial charge on any atom is -0.493 e. The summed E-state index contributed by atoms with van der Waals surface area (Å²) < 4.78 is 10.9. The number of thiocarbonyl (C=S) groups is 1. The van der Waals surface area contributed by atoms with Crippen LogP contribution in [0.2, 0.25) is 0 Å². The maximum absolute atomic E-state index is 12.4. The summed E-state index contributed by atoms with van der Waals surface area (Å²) in [6.07, 6.45) is 1.96. The van der Waals surface area contributed by atoms with Crippen LogP contribution in [0.25, 0.3) is 0 Å². The van der Waals surface area contributed by atoms with Crippen LogP contribution in [0.15, 0.2) is 18.2 Å². The molecule has 0 bridgehead atoms. The van der Waals surface area contributed by atoms with Crippen LogP contribution in [-0.4, -0.2) is 63.7 Å². The van der Waals surface area contributed by atoms with E-state index in [1.807, 2.05) is 43.9 Å². The van der Waals surface area contributed by atoms with Crippen molar-refractivity contribution in [3.05, 3.63) is 23.8 Å². The van der Waals surface area contributed by atoms with Crippen LogP contribution in [0, 0.1) is 0 Å². The molecule has 1 heterocycles. The van der Waals surface area contributed by atoms with Crippen LogP contribution in [0.4, 0.5) is 4.79 Å². The quantitative estimate of drug-likeness (QED) is 0.261. The van der Waals surface area contributed by atoms with Gasteiger partial charge in [0.05, 0.1) is 19.0 Å². The Kier molecular flexibility index (Phi) is 8.42. The van der Waals surface area contributed by atoms with E-state index in [4.69, 9.17) is 21.7 Å².